The van der Waals surface area contributed by atoms with Crippen LogP contribution in [0.4, 0.5) is 0 Å². The van der Waals surface area contributed by atoms with Gasteiger partial charge in [0, 0.05) is 57.7 Å². The molecule has 0 saturated carbocycles. The molecule has 10 aromatic rings. The van der Waals surface area contributed by atoms with Crippen molar-refractivity contribution in [2.45, 2.75) is 26.2 Å². The van der Waals surface area contributed by atoms with Crippen LogP contribution in [0.3, 0.4) is 0 Å². The topological polar surface area (TPSA) is 9.86 Å². The van der Waals surface area contributed by atoms with Gasteiger partial charge in [0.15, 0.2) is 0 Å². The van der Waals surface area contributed by atoms with E-state index in [4.69, 9.17) is 0 Å². The van der Waals surface area contributed by atoms with Gasteiger partial charge < -0.3 is 9.13 Å². The minimum atomic E-state index is -2.08. The Hall–Kier alpha value is -5.95. The maximum absolute atomic E-state index is 2.58. The number of para-hydroxylation sites is 2. The van der Waals surface area contributed by atoms with E-state index in [1.165, 1.54) is 98.9 Å². The van der Waals surface area contributed by atoms with E-state index in [0.717, 1.165) is 0 Å². The molecule has 0 unspecified atom stereocenters. The summed E-state index contributed by atoms with van der Waals surface area (Å²) in [5.41, 5.74) is 16.0. The van der Waals surface area contributed by atoms with Crippen LogP contribution in [0.25, 0.3) is 98.9 Å². The summed E-state index contributed by atoms with van der Waals surface area (Å²) < 4.78 is 4.64. The molecule has 0 atom stereocenters. The van der Waals surface area contributed by atoms with Crippen molar-refractivity contribution in [2.75, 3.05) is 0 Å². The largest absolute Gasteiger partial charge is 0.344 e. The van der Waals surface area contributed by atoms with Crippen molar-refractivity contribution in [2.24, 2.45) is 14.1 Å². The average molecular weight is 751 g/mol. The number of hydrogen-bond acceptors (Lipinski definition) is 0. The van der Waals surface area contributed by atoms with Crippen molar-refractivity contribution in [1.29, 1.82) is 0 Å². The highest BCUT2D eigenvalue weighted by atomic mass is 28.3. The number of aryl methyl sites for hydroxylation is 2. The highest BCUT2D eigenvalue weighted by Gasteiger charge is 2.41. The Bertz CT molecular complexity index is 3170. The lowest BCUT2D eigenvalue weighted by Crippen LogP contribution is -2.59. The standard InChI is InChI=1S/C52H42N2Si2/c1-53-43-13-9-7-11-35(43)41-27-31(17-23-45(41)53)33-15-19-37-39-21-22-40-38-20-16-34(32-18-24-46-42(28-32)36-12-8-10-14-44(36)54(46)2)30-50(38)56(5,6)48-26-25-47(51(39)52(40)48)55(3,4)49(37)29-33/h7-30H,1-6H3. The molecule has 0 bridgehead atoms. The second-order valence-corrected chi connectivity index (χ2v) is 26.1. The molecular weight excluding hydrogens is 709 g/mol. The fraction of sp³-hybridized carbons (Fsp3) is 0.115. The Morgan fingerprint density at radius 3 is 1.12 bits per heavy atom. The Morgan fingerprint density at radius 2 is 0.679 bits per heavy atom. The molecule has 0 radical (unpaired) electrons. The molecule has 0 fully saturated rings. The monoisotopic (exact) mass is 750 g/mol. The number of fused-ring (bicyclic) bond motifs is 10. The van der Waals surface area contributed by atoms with Crippen LogP contribution in [0, 0.1) is 0 Å². The van der Waals surface area contributed by atoms with E-state index < -0.39 is 16.1 Å². The normalized spacial score (nSPS) is 14.9. The first-order valence-electron chi connectivity index (χ1n) is 20.0. The van der Waals surface area contributed by atoms with Crippen molar-refractivity contribution in [1.82, 2.24) is 9.13 Å². The van der Waals surface area contributed by atoms with Gasteiger partial charge in [0.25, 0.3) is 0 Å². The third-order valence-corrected chi connectivity index (χ3v) is 21.0. The van der Waals surface area contributed by atoms with Crippen molar-refractivity contribution >= 4 is 91.3 Å². The molecule has 268 valence electrons. The van der Waals surface area contributed by atoms with Gasteiger partial charge in [-0.15, -0.1) is 0 Å². The van der Waals surface area contributed by atoms with E-state index in [0.29, 0.717) is 0 Å². The Labute approximate surface area is 329 Å². The smallest absolute Gasteiger partial charge is 0.113 e. The maximum atomic E-state index is 2.58. The fourth-order valence-electron chi connectivity index (χ4n) is 10.9. The molecule has 2 aromatic heterocycles. The molecule has 12 rings (SSSR count). The Kier molecular flexibility index (Phi) is 6.28. The molecule has 4 heteroatoms. The second-order valence-electron chi connectivity index (χ2n) is 17.5. The van der Waals surface area contributed by atoms with Gasteiger partial charge in [-0.25, -0.2) is 0 Å². The van der Waals surface area contributed by atoms with Gasteiger partial charge >= 0.3 is 0 Å². The molecule has 0 amide bonds. The third kappa shape index (κ3) is 4.05. The van der Waals surface area contributed by atoms with Gasteiger partial charge in [0.1, 0.15) is 16.1 Å². The molecule has 2 aliphatic heterocycles. The summed E-state index contributed by atoms with van der Waals surface area (Å²) in [5, 5.41) is 14.6. The van der Waals surface area contributed by atoms with Crippen LogP contribution in [0.1, 0.15) is 0 Å². The lowest BCUT2D eigenvalue weighted by Gasteiger charge is -2.39. The maximum Gasteiger partial charge on any atom is 0.113 e. The van der Waals surface area contributed by atoms with Crippen molar-refractivity contribution in [3.05, 3.63) is 146 Å². The summed E-state index contributed by atoms with van der Waals surface area (Å²) in [7, 11) is 0.205. The summed E-state index contributed by atoms with van der Waals surface area (Å²) in [6.45, 7) is 10.3. The molecule has 56 heavy (non-hydrogen) atoms. The van der Waals surface area contributed by atoms with E-state index in [2.05, 4.69) is 195 Å². The third-order valence-electron chi connectivity index (χ3n) is 14.0. The highest BCUT2D eigenvalue weighted by molar-refractivity contribution is 7.05. The lowest BCUT2D eigenvalue weighted by atomic mass is 9.89. The number of aromatic nitrogens is 2. The first-order chi connectivity index (χ1) is 27.1. The van der Waals surface area contributed by atoms with E-state index in [1.807, 2.05) is 0 Å². The SMILES string of the molecule is Cn1c2ccccc2c2cc(-c3ccc4c(c3)[Si](C)(C)c3ccc5c6c(ccc-4c36)-c3ccc(-c4ccc6c(c4)c4ccccc4n6C)cc3[Si]5(C)C)ccc21. The highest BCUT2D eigenvalue weighted by Crippen LogP contribution is 2.43. The summed E-state index contributed by atoms with van der Waals surface area (Å²) in [6.07, 6.45) is 0. The number of hydrogen-bond donors (Lipinski definition) is 0. The number of benzene rings is 8. The summed E-state index contributed by atoms with van der Waals surface area (Å²) in [5.74, 6) is 0. The Balaban J connectivity index is 1.01. The van der Waals surface area contributed by atoms with Crippen molar-refractivity contribution in [3.63, 3.8) is 0 Å². The van der Waals surface area contributed by atoms with Crippen LogP contribution in [-0.4, -0.2) is 25.3 Å². The van der Waals surface area contributed by atoms with Crippen LogP contribution < -0.4 is 20.7 Å². The molecule has 0 aliphatic carbocycles. The minimum Gasteiger partial charge on any atom is -0.344 e. The molecule has 2 aliphatic rings. The van der Waals surface area contributed by atoms with Gasteiger partial charge in [0.2, 0.25) is 0 Å². The molecular formula is C52H42N2Si2. The molecule has 0 spiro atoms. The summed E-state index contributed by atoms with van der Waals surface area (Å²) in [4.78, 5) is 0. The summed E-state index contributed by atoms with van der Waals surface area (Å²) in [6, 6.07) is 56.3. The number of rotatable bonds is 2. The van der Waals surface area contributed by atoms with E-state index in [-0.39, 0.29) is 0 Å². The van der Waals surface area contributed by atoms with Gasteiger partial charge in [0.05, 0.1) is 0 Å². The zero-order valence-electron chi connectivity index (χ0n) is 32.8. The summed E-state index contributed by atoms with van der Waals surface area (Å²) >= 11 is 0. The van der Waals surface area contributed by atoms with Crippen LogP contribution in [-0.2, 0) is 14.1 Å². The zero-order valence-corrected chi connectivity index (χ0v) is 34.8. The van der Waals surface area contributed by atoms with Crippen molar-refractivity contribution in [3.8, 4) is 44.5 Å². The quantitative estimate of drug-likeness (QED) is 0.156. The van der Waals surface area contributed by atoms with Gasteiger partial charge in [-0.05, 0) is 112 Å². The first-order valence-corrected chi connectivity index (χ1v) is 26.0. The average Bonchev–Trinajstić information content (AvgIpc) is 3.68. The van der Waals surface area contributed by atoms with Gasteiger partial charge in [-0.2, -0.15) is 0 Å². The second kappa shape index (κ2) is 10.9. The van der Waals surface area contributed by atoms with Crippen molar-refractivity contribution < 1.29 is 0 Å². The molecule has 2 nitrogen and oxygen atoms in total. The van der Waals surface area contributed by atoms with Crippen LogP contribution >= 0.6 is 0 Å². The van der Waals surface area contributed by atoms with E-state index >= 15 is 0 Å². The molecule has 8 aromatic carbocycles. The van der Waals surface area contributed by atoms with Crippen LogP contribution in [0.15, 0.2) is 146 Å². The molecule has 4 heterocycles. The van der Waals surface area contributed by atoms with Gasteiger partial charge in [-0.3, -0.25) is 0 Å². The Morgan fingerprint density at radius 1 is 0.321 bits per heavy atom. The first kappa shape index (κ1) is 32.3. The fourth-order valence-corrected chi connectivity index (χ4v) is 17.1. The number of nitrogens with zero attached hydrogens (tertiary/aromatic N) is 2. The van der Waals surface area contributed by atoms with E-state index in [9.17, 15) is 0 Å². The molecule has 0 N–H and O–H groups in total. The lowest BCUT2D eigenvalue weighted by molar-refractivity contribution is 1.01. The van der Waals surface area contributed by atoms with Crippen LogP contribution in [0.2, 0.25) is 26.2 Å². The van der Waals surface area contributed by atoms with Gasteiger partial charge in [-0.1, -0.05) is 135 Å². The predicted octanol–water partition coefficient (Wildman–Crippen LogP) is 11.1. The minimum absolute atomic E-state index is 1.28. The predicted molar refractivity (Wildman–Crippen MR) is 247 cm³/mol. The molecule has 0 saturated heterocycles. The van der Waals surface area contributed by atoms with Crippen LogP contribution in [0.5, 0.6) is 0 Å². The zero-order chi connectivity index (χ0) is 37.8. The van der Waals surface area contributed by atoms with E-state index in [1.54, 1.807) is 20.7 Å².